The molecule has 0 radical (unpaired) electrons. The van der Waals surface area contributed by atoms with Crippen LogP contribution >= 0.6 is 11.6 Å². The molecule has 8 heteroatoms. The number of benzene rings is 2. The van der Waals surface area contributed by atoms with Gasteiger partial charge in [0.2, 0.25) is 0 Å². The molecule has 5 nitrogen and oxygen atoms in total. The molecule has 2 rings (SSSR count). The average Bonchev–Trinajstić information content (AvgIpc) is 2.59. The molecule has 0 saturated carbocycles. The Morgan fingerprint density at radius 3 is 2.56 bits per heavy atom. The molecule has 0 aliphatic rings. The van der Waals surface area contributed by atoms with E-state index in [1.54, 1.807) is 25.1 Å². The summed E-state index contributed by atoms with van der Waals surface area (Å²) in [6.07, 6.45) is 0. The summed E-state index contributed by atoms with van der Waals surface area (Å²) in [5, 5.41) is 3.01. The molecule has 0 bridgehead atoms. The van der Waals surface area contributed by atoms with Gasteiger partial charge in [-0.05, 0) is 43.7 Å². The van der Waals surface area contributed by atoms with Gasteiger partial charge < -0.3 is 14.8 Å². The minimum absolute atomic E-state index is 0.123. The number of carbonyl (C=O) groups excluding carboxylic acids is 2. The normalized spacial score (nSPS) is 11.6. The van der Waals surface area contributed by atoms with Crippen molar-refractivity contribution in [2.45, 2.75) is 19.9 Å². The summed E-state index contributed by atoms with van der Waals surface area (Å²) in [6, 6.07) is 7.28. The third kappa shape index (κ3) is 6.21. The van der Waals surface area contributed by atoms with Gasteiger partial charge in [-0.25, -0.2) is 13.6 Å². The fraction of sp³-hybridized carbons (Fsp3) is 0.263. The van der Waals surface area contributed by atoms with Crippen molar-refractivity contribution in [3.63, 3.8) is 0 Å². The second-order valence-electron chi connectivity index (χ2n) is 5.81. The lowest BCUT2D eigenvalue weighted by molar-refractivity contribution is -0.150. The number of ether oxygens (including phenoxy) is 2. The van der Waals surface area contributed by atoms with Gasteiger partial charge in [-0.15, -0.1) is 0 Å². The second kappa shape index (κ2) is 9.32. The van der Waals surface area contributed by atoms with Crippen LogP contribution in [0.2, 0.25) is 5.02 Å². The number of halogens is 3. The number of rotatable bonds is 7. The summed E-state index contributed by atoms with van der Waals surface area (Å²) >= 11 is 5.83. The van der Waals surface area contributed by atoms with Crippen LogP contribution in [0.5, 0.6) is 5.75 Å². The smallest absolute Gasteiger partial charge is 0.344 e. The fourth-order valence-electron chi connectivity index (χ4n) is 2.31. The Balaban J connectivity index is 1.78. The van der Waals surface area contributed by atoms with Crippen LogP contribution in [-0.4, -0.2) is 25.1 Å². The Morgan fingerprint density at radius 1 is 1.15 bits per heavy atom. The lowest BCUT2D eigenvalue weighted by Gasteiger charge is -2.15. The zero-order valence-corrected chi connectivity index (χ0v) is 15.5. The molecule has 0 spiro atoms. The number of aryl methyl sites for hydroxylation is 1. The summed E-state index contributed by atoms with van der Waals surface area (Å²) in [5.74, 6) is -2.37. The highest BCUT2D eigenvalue weighted by atomic mass is 35.5. The van der Waals surface area contributed by atoms with Crippen LogP contribution in [0, 0.1) is 18.6 Å². The Morgan fingerprint density at radius 2 is 1.89 bits per heavy atom. The molecule has 0 heterocycles. The van der Waals surface area contributed by atoms with Gasteiger partial charge in [0.1, 0.15) is 17.4 Å². The Labute approximate surface area is 160 Å². The lowest BCUT2D eigenvalue weighted by Crippen LogP contribution is -2.32. The van der Waals surface area contributed by atoms with E-state index in [-0.39, 0.29) is 12.2 Å². The maximum Gasteiger partial charge on any atom is 0.344 e. The zero-order chi connectivity index (χ0) is 20.0. The van der Waals surface area contributed by atoms with Crippen molar-refractivity contribution in [3.05, 3.63) is 64.2 Å². The van der Waals surface area contributed by atoms with Crippen LogP contribution in [-0.2, 0) is 14.3 Å². The first kappa shape index (κ1) is 20.6. The van der Waals surface area contributed by atoms with E-state index in [4.69, 9.17) is 21.1 Å². The van der Waals surface area contributed by atoms with E-state index in [2.05, 4.69) is 5.32 Å². The topological polar surface area (TPSA) is 64.6 Å². The van der Waals surface area contributed by atoms with E-state index in [0.717, 1.165) is 17.7 Å². The fourth-order valence-corrected chi connectivity index (χ4v) is 2.54. The van der Waals surface area contributed by atoms with Crippen molar-refractivity contribution in [2.75, 3.05) is 13.2 Å². The minimum atomic E-state index is -0.772. The van der Waals surface area contributed by atoms with E-state index in [0.29, 0.717) is 10.8 Å². The number of amides is 1. The maximum absolute atomic E-state index is 13.7. The highest BCUT2D eigenvalue weighted by Crippen LogP contribution is 2.21. The summed E-state index contributed by atoms with van der Waals surface area (Å²) in [5.41, 5.74) is 0.876. The van der Waals surface area contributed by atoms with Crippen molar-refractivity contribution in [3.8, 4) is 5.75 Å². The quantitative estimate of drug-likeness (QED) is 0.723. The second-order valence-corrected chi connectivity index (χ2v) is 6.25. The average molecular weight is 398 g/mol. The molecule has 1 atom stereocenters. The van der Waals surface area contributed by atoms with Crippen molar-refractivity contribution in [1.82, 2.24) is 5.32 Å². The van der Waals surface area contributed by atoms with Crippen molar-refractivity contribution in [2.24, 2.45) is 0 Å². The highest BCUT2D eigenvalue weighted by Gasteiger charge is 2.16. The van der Waals surface area contributed by atoms with Gasteiger partial charge in [-0.2, -0.15) is 0 Å². The molecule has 0 aliphatic carbocycles. The van der Waals surface area contributed by atoms with Crippen molar-refractivity contribution in [1.29, 1.82) is 0 Å². The maximum atomic E-state index is 13.7. The Kier molecular flexibility index (Phi) is 7.12. The van der Waals surface area contributed by atoms with Gasteiger partial charge in [0.05, 0.1) is 6.04 Å². The van der Waals surface area contributed by atoms with Gasteiger partial charge in [-0.3, -0.25) is 4.79 Å². The summed E-state index contributed by atoms with van der Waals surface area (Å²) < 4.78 is 36.7. The van der Waals surface area contributed by atoms with E-state index >= 15 is 0 Å². The molecular weight excluding hydrogens is 380 g/mol. The molecule has 1 N–H and O–H groups in total. The van der Waals surface area contributed by atoms with Crippen LogP contribution < -0.4 is 10.1 Å². The zero-order valence-electron chi connectivity index (χ0n) is 14.7. The monoisotopic (exact) mass is 397 g/mol. The summed E-state index contributed by atoms with van der Waals surface area (Å²) in [7, 11) is 0. The Hall–Kier alpha value is -2.67. The number of hydrogen-bond donors (Lipinski definition) is 1. The molecule has 144 valence electrons. The molecule has 2 aromatic carbocycles. The minimum Gasteiger partial charge on any atom is -0.482 e. The van der Waals surface area contributed by atoms with Crippen molar-refractivity contribution < 1.29 is 27.8 Å². The molecule has 27 heavy (non-hydrogen) atoms. The molecule has 2 aromatic rings. The van der Waals surface area contributed by atoms with Crippen LogP contribution in [0.1, 0.15) is 24.1 Å². The van der Waals surface area contributed by atoms with Gasteiger partial charge in [-0.1, -0.05) is 17.7 Å². The molecule has 0 unspecified atom stereocenters. The summed E-state index contributed by atoms with van der Waals surface area (Å²) in [4.78, 5) is 23.5. The van der Waals surface area contributed by atoms with E-state index < -0.39 is 36.2 Å². The number of hydrogen-bond acceptors (Lipinski definition) is 4. The molecule has 0 aliphatic heterocycles. The predicted octanol–water partition coefficient (Wildman–Crippen LogP) is 3.73. The first-order valence-electron chi connectivity index (χ1n) is 8.05. The standard InChI is InChI=1S/C19H18ClF2NO4/c1-11-7-13(20)3-6-17(11)26-10-19(25)27-9-18(24)23-12(2)15-5-4-14(21)8-16(15)22/h3-8,12H,9-10H2,1-2H3,(H,23,24)/t12-/m0/s1. The largest absolute Gasteiger partial charge is 0.482 e. The van der Waals surface area contributed by atoms with E-state index in [1.165, 1.54) is 13.0 Å². The van der Waals surface area contributed by atoms with Gasteiger partial charge in [0.15, 0.2) is 13.2 Å². The number of carbonyl (C=O) groups is 2. The summed E-state index contributed by atoms with van der Waals surface area (Å²) in [6.45, 7) is 2.38. The highest BCUT2D eigenvalue weighted by molar-refractivity contribution is 6.30. The van der Waals surface area contributed by atoms with Gasteiger partial charge in [0, 0.05) is 16.7 Å². The first-order chi connectivity index (χ1) is 12.8. The predicted molar refractivity (Wildman–Crippen MR) is 95.6 cm³/mol. The number of nitrogens with one attached hydrogen (secondary N) is 1. The van der Waals surface area contributed by atoms with Gasteiger partial charge >= 0.3 is 5.97 Å². The molecule has 1 amide bonds. The SMILES string of the molecule is Cc1cc(Cl)ccc1OCC(=O)OCC(=O)N[C@@H](C)c1ccc(F)cc1F. The van der Waals surface area contributed by atoms with Gasteiger partial charge in [0.25, 0.3) is 5.91 Å². The van der Waals surface area contributed by atoms with Crippen LogP contribution in [0.15, 0.2) is 36.4 Å². The third-order valence-electron chi connectivity index (χ3n) is 3.65. The van der Waals surface area contributed by atoms with Crippen LogP contribution in [0.25, 0.3) is 0 Å². The third-order valence-corrected chi connectivity index (χ3v) is 3.89. The van der Waals surface area contributed by atoms with E-state index in [9.17, 15) is 18.4 Å². The first-order valence-corrected chi connectivity index (χ1v) is 8.43. The molecule has 0 fully saturated rings. The van der Waals surface area contributed by atoms with Crippen LogP contribution in [0.3, 0.4) is 0 Å². The molecule has 0 saturated heterocycles. The van der Waals surface area contributed by atoms with E-state index in [1.807, 2.05) is 0 Å². The molecule has 0 aromatic heterocycles. The van der Waals surface area contributed by atoms with Crippen LogP contribution in [0.4, 0.5) is 8.78 Å². The number of esters is 1. The molecular formula is C19H18ClF2NO4. The Bertz CT molecular complexity index is 844. The van der Waals surface area contributed by atoms with Crippen molar-refractivity contribution >= 4 is 23.5 Å². The lowest BCUT2D eigenvalue weighted by atomic mass is 10.1.